The number of aliphatic hydroxyl groups excluding tert-OH is 1. The Morgan fingerprint density at radius 2 is 1.83 bits per heavy atom. The summed E-state index contributed by atoms with van der Waals surface area (Å²) in [5.41, 5.74) is 2.09. The fourth-order valence-electron chi connectivity index (χ4n) is 5.75. The van der Waals surface area contributed by atoms with E-state index < -0.39 is 17.4 Å². The molecule has 9 heteroatoms. The molecule has 0 unspecified atom stereocenters. The molecule has 2 heterocycles. The molecule has 3 amide bonds. The summed E-state index contributed by atoms with van der Waals surface area (Å²) in [6.07, 6.45) is 3.99. The number of nitrogens with one attached hydrogen (secondary N) is 1. The zero-order valence-electron chi connectivity index (χ0n) is 23.9. The van der Waals surface area contributed by atoms with Crippen molar-refractivity contribution in [3.8, 4) is 5.75 Å². The number of methoxy groups -OCH3 is 1. The highest BCUT2D eigenvalue weighted by atomic mass is 16.5. The predicted molar refractivity (Wildman–Crippen MR) is 159 cm³/mol. The quantitative estimate of drug-likeness (QED) is 0.357. The van der Waals surface area contributed by atoms with Crippen LogP contribution in [0.25, 0.3) is 0 Å². The first-order chi connectivity index (χ1) is 20.2. The summed E-state index contributed by atoms with van der Waals surface area (Å²) in [5.74, 6) is -1.02. The molecular formula is C33H35N3O6. The topological polar surface area (TPSA) is 119 Å². The number of carbonyl (C=O) groups is 3. The lowest BCUT2D eigenvalue weighted by atomic mass is 9.82. The fraction of sp³-hybridized carbons (Fsp3) is 0.303. The van der Waals surface area contributed by atoms with E-state index in [1.54, 1.807) is 80.6 Å². The van der Waals surface area contributed by atoms with Crippen molar-refractivity contribution in [2.75, 3.05) is 31.0 Å². The maximum atomic E-state index is 13.3. The van der Waals surface area contributed by atoms with Gasteiger partial charge in [-0.3, -0.25) is 14.4 Å². The number of ether oxygens (including phenoxy) is 1. The molecule has 5 rings (SSSR count). The van der Waals surface area contributed by atoms with Crippen LogP contribution in [-0.4, -0.2) is 59.6 Å². The van der Waals surface area contributed by atoms with Crippen molar-refractivity contribution in [1.82, 2.24) is 4.90 Å². The first-order valence-electron chi connectivity index (χ1n) is 13.9. The van der Waals surface area contributed by atoms with E-state index in [9.17, 15) is 24.6 Å². The number of benzene rings is 3. The minimum Gasteiger partial charge on any atom is -0.497 e. The van der Waals surface area contributed by atoms with Crippen molar-refractivity contribution in [3.05, 3.63) is 101 Å². The Morgan fingerprint density at radius 3 is 2.52 bits per heavy atom. The molecule has 0 aliphatic carbocycles. The average molecular weight is 570 g/mol. The summed E-state index contributed by atoms with van der Waals surface area (Å²) in [5, 5.41) is 24.5. The average Bonchev–Trinajstić information content (AvgIpc) is 3.21. The minimum absolute atomic E-state index is 0.0634. The second-order valence-electron chi connectivity index (χ2n) is 10.8. The number of hydrogen-bond acceptors (Lipinski definition) is 6. The van der Waals surface area contributed by atoms with Gasteiger partial charge in [-0.05, 0) is 60.0 Å². The third-order valence-corrected chi connectivity index (χ3v) is 8.27. The lowest BCUT2D eigenvalue weighted by Gasteiger charge is -2.36. The van der Waals surface area contributed by atoms with Crippen LogP contribution in [0, 0.1) is 5.92 Å². The molecule has 3 N–H and O–H groups in total. The maximum Gasteiger partial charge on any atom is 0.264 e. The largest absolute Gasteiger partial charge is 0.497 e. The molecule has 0 aromatic heterocycles. The number of fused-ring (bicyclic) bond motifs is 2. The van der Waals surface area contributed by atoms with E-state index in [-0.39, 0.29) is 30.9 Å². The molecule has 2 aliphatic heterocycles. The Kier molecular flexibility index (Phi) is 8.15. The number of hydrogen-bond donors (Lipinski definition) is 3. The van der Waals surface area contributed by atoms with E-state index >= 15 is 0 Å². The van der Waals surface area contributed by atoms with Crippen LogP contribution >= 0.6 is 0 Å². The Hall–Kier alpha value is -4.47. The smallest absolute Gasteiger partial charge is 0.264 e. The zero-order valence-corrected chi connectivity index (χ0v) is 23.9. The highest BCUT2D eigenvalue weighted by Crippen LogP contribution is 2.45. The molecule has 3 aromatic carbocycles. The Labute approximate surface area is 245 Å². The molecule has 3 aromatic rings. The molecule has 42 heavy (non-hydrogen) atoms. The van der Waals surface area contributed by atoms with Crippen LogP contribution < -0.4 is 15.0 Å². The van der Waals surface area contributed by atoms with Gasteiger partial charge in [-0.15, -0.1) is 0 Å². The van der Waals surface area contributed by atoms with E-state index in [4.69, 9.17) is 4.74 Å². The van der Waals surface area contributed by atoms with Crippen LogP contribution in [0.2, 0.25) is 0 Å². The lowest BCUT2D eigenvalue weighted by Crippen LogP contribution is -2.46. The van der Waals surface area contributed by atoms with E-state index in [2.05, 4.69) is 5.32 Å². The first kappa shape index (κ1) is 29.0. The van der Waals surface area contributed by atoms with Gasteiger partial charge in [0, 0.05) is 42.7 Å². The van der Waals surface area contributed by atoms with Crippen LogP contribution in [0.3, 0.4) is 0 Å². The highest BCUT2D eigenvalue weighted by Gasteiger charge is 2.51. The van der Waals surface area contributed by atoms with Crippen molar-refractivity contribution in [1.29, 1.82) is 0 Å². The van der Waals surface area contributed by atoms with Crippen LogP contribution in [-0.2, 0) is 28.2 Å². The molecule has 0 saturated carbocycles. The third kappa shape index (κ3) is 5.29. The van der Waals surface area contributed by atoms with Crippen molar-refractivity contribution in [3.63, 3.8) is 0 Å². The van der Waals surface area contributed by atoms with Crippen molar-refractivity contribution < 1.29 is 29.3 Å². The van der Waals surface area contributed by atoms with Gasteiger partial charge in [-0.25, -0.2) is 0 Å². The highest BCUT2D eigenvalue weighted by molar-refractivity contribution is 6.08. The SMILES string of the molecule is COc1ccc(C(=O)Nc2ccc3c(c2)[C@@](O)([C@H](C)/C=C/CC(=O)N2Cc4ccccc4C[C@H]2CO)C(=O)N3C)cc1. The Balaban J connectivity index is 1.31. The molecule has 0 radical (unpaired) electrons. The summed E-state index contributed by atoms with van der Waals surface area (Å²) in [4.78, 5) is 42.4. The lowest BCUT2D eigenvalue weighted by molar-refractivity contribution is -0.139. The molecule has 2 aliphatic rings. The molecule has 0 fully saturated rings. The van der Waals surface area contributed by atoms with Crippen molar-refractivity contribution in [2.45, 2.75) is 38.0 Å². The van der Waals surface area contributed by atoms with Gasteiger partial charge in [0.15, 0.2) is 5.60 Å². The molecule has 0 spiro atoms. The van der Waals surface area contributed by atoms with Gasteiger partial charge in [-0.1, -0.05) is 43.3 Å². The van der Waals surface area contributed by atoms with Gasteiger partial charge in [-0.2, -0.15) is 0 Å². The summed E-state index contributed by atoms with van der Waals surface area (Å²) in [6, 6.07) is 19.3. The van der Waals surface area contributed by atoms with Gasteiger partial charge < -0.3 is 30.1 Å². The van der Waals surface area contributed by atoms with Crippen LogP contribution in [0.4, 0.5) is 11.4 Å². The third-order valence-electron chi connectivity index (χ3n) is 8.27. The van der Waals surface area contributed by atoms with Gasteiger partial charge >= 0.3 is 0 Å². The van der Waals surface area contributed by atoms with Crippen molar-refractivity contribution in [2.24, 2.45) is 5.92 Å². The number of amides is 3. The Morgan fingerprint density at radius 1 is 1.12 bits per heavy atom. The predicted octanol–water partition coefficient (Wildman–Crippen LogP) is 3.64. The van der Waals surface area contributed by atoms with Crippen LogP contribution in [0.5, 0.6) is 5.75 Å². The van der Waals surface area contributed by atoms with Gasteiger partial charge in [0.1, 0.15) is 5.75 Å². The molecule has 0 saturated heterocycles. The molecule has 3 atom stereocenters. The normalized spacial score (nSPS) is 20.3. The van der Waals surface area contributed by atoms with Gasteiger partial charge in [0.25, 0.3) is 11.8 Å². The van der Waals surface area contributed by atoms with Crippen molar-refractivity contribution >= 4 is 29.1 Å². The maximum absolute atomic E-state index is 13.3. The monoisotopic (exact) mass is 569 g/mol. The molecule has 9 nitrogen and oxygen atoms in total. The zero-order chi connectivity index (χ0) is 30.0. The number of rotatable bonds is 8. The van der Waals surface area contributed by atoms with E-state index in [1.165, 1.54) is 4.90 Å². The number of anilines is 2. The molecular weight excluding hydrogens is 534 g/mol. The van der Waals surface area contributed by atoms with E-state index in [0.29, 0.717) is 41.2 Å². The number of nitrogens with zero attached hydrogens (tertiary/aromatic N) is 2. The molecule has 218 valence electrons. The standard InChI is InChI=1S/C33H35N3O6/c1-21(7-6-10-30(38)36-19-24-9-5-4-8-23(24)17-26(36)20-37)33(41)28-18-25(13-16-29(28)35(2)32(33)40)34-31(39)22-11-14-27(42-3)15-12-22/h4-9,11-16,18,21,26,37,41H,10,17,19-20H2,1-3H3,(H,34,39)/b7-6+/t21-,26+,33+/m1/s1. The van der Waals surface area contributed by atoms with E-state index in [1.807, 2.05) is 24.3 Å². The number of carbonyl (C=O) groups excluding carboxylic acids is 3. The summed E-state index contributed by atoms with van der Waals surface area (Å²) in [6.45, 7) is 2.02. The fourth-order valence-corrected chi connectivity index (χ4v) is 5.75. The second kappa shape index (κ2) is 11.8. The second-order valence-corrected chi connectivity index (χ2v) is 10.8. The Bertz CT molecular complexity index is 1530. The molecule has 0 bridgehead atoms. The first-order valence-corrected chi connectivity index (χ1v) is 13.9. The summed E-state index contributed by atoms with van der Waals surface area (Å²) in [7, 11) is 3.14. The van der Waals surface area contributed by atoms with E-state index in [0.717, 1.165) is 11.1 Å². The number of likely N-dealkylation sites (N-methyl/N-ethyl adjacent to an activating group) is 1. The summed E-state index contributed by atoms with van der Waals surface area (Å²) < 4.78 is 5.14. The minimum atomic E-state index is -1.89. The summed E-state index contributed by atoms with van der Waals surface area (Å²) >= 11 is 0. The van der Waals surface area contributed by atoms with Gasteiger partial charge in [0.05, 0.1) is 25.4 Å². The van der Waals surface area contributed by atoms with Crippen LogP contribution in [0.15, 0.2) is 78.9 Å². The van der Waals surface area contributed by atoms with Crippen LogP contribution in [0.1, 0.15) is 40.4 Å². The number of aliphatic hydroxyl groups is 2. The van der Waals surface area contributed by atoms with Gasteiger partial charge in [0.2, 0.25) is 5.91 Å².